The van der Waals surface area contributed by atoms with Gasteiger partial charge in [-0.15, -0.1) is 0 Å². The van der Waals surface area contributed by atoms with E-state index in [1.54, 1.807) is 0 Å². The predicted octanol–water partition coefficient (Wildman–Crippen LogP) is 2.94. The molecule has 0 aliphatic heterocycles. The van der Waals surface area contributed by atoms with Crippen LogP contribution in [0.1, 0.15) is 52.9 Å². The van der Waals surface area contributed by atoms with Crippen LogP contribution in [0.4, 0.5) is 0 Å². The molecule has 0 rings (SSSR count). The third-order valence-corrected chi connectivity index (χ3v) is 2.55. The van der Waals surface area contributed by atoms with Gasteiger partial charge < -0.3 is 14.2 Å². The number of unbranched alkanes of at least 4 members (excludes halogenated alkanes) is 2. The van der Waals surface area contributed by atoms with Crippen LogP contribution < -0.4 is 0 Å². The summed E-state index contributed by atoms with van der Waals surface area (Å²) >= 11 is 0. The maximum absolute atomic E-state index is 11.8. The van der Waals surface area contributed by atoms with Gasteiger partial charge in [0.1, 0.15) is 0 Å². The number of hydrogen-bond acceptors (Lipinski definition) is 4. The zero-order valence-electron chi connectivity index (χ0n) is 12.1. The van der Waals surface area contributed by atoms with E-state index >= 15 is 0 Å². The molecule has 108 valence electrons. The summed E-state index contributed by atoms with van der Waals surface area (Å²) in [5, 5.41) is 0. The Balaban J connectivity index is 3.95. The summed E-state index contributed by atoms with van der Waals surface area (Å²) in [6.07, 6.45) is 4.05. The van der Waals surface area contributed by atoms with E-state index in [0.29, 0.717) is 32.8 Å². The maximum Gasteiger partial charge on any atom is 0.335 e. The van der Waals surface area contributed by atoms with E-state index in [9.17, 15) is 4.79 Å². The molecule has 4 heteroatoms. The standard InChI is InChI=1S/C14H28O4/c1-4-7-10-17-13(9-12-16-6-3)14(15)18-11-8-5-2/h13H,4-12H2,1-3H3. The molecule has 0 amide bonds. The number of carbonyl (C=O) groups is 1. The summed E-state index contributed by atoms with van der Waals surface area (Å²) in [6.45, 7) is 8.39. The van der Waals surface area contributed by atoms with Crippen molar-refractivity contribution in [1.29, 1.82) is 0 Å². The van der Waals surface area contributed by atoms with Crippen LogP contribution in [0.15, 0.2) is 0 Å². The molecular weight excluding hydrogens is 232 g/mol. The van der Waals surface area contributed by atoms with Gasteiger partial charge in [-0.3, -0.25) is 0 Å². The minimum atomic E-state index is -0.472. The zero-order valence-corrected chi connectivity index (χ0v) is 12.1. The number of rotatable bonds is 12. The lowest BCUT2D eigenvalue weighted by molar-refractivity contribution is -0.158. The van der Waals surface area contributed by atoms with E-state index in [2.05, 4.69) is 13.8 Å². The van der Waals surface area contributed by atoms with Crippen molar-refractivity contribution in [2.24, 2.45) is 0 Å². The monoisotopic (exact) mass is 260 g/mol. The molecule has 0 spiro atoms. The van der Waals surface area contributed by atoms with Crippen molar-refractivity contribution in [2.45, 2.75) is 59.0 Å². The Morgan fingerprint density at radius 2 is 1.67 bits per heavy atom. The predicted molar refractivity (Wildman–Crippen MR) is 71.6 cm³/mol. The van der Waals surface area contributed by atoms with Gasteiger partial charge in [-0.25, -0.2) is 4.79 Å². The fourth-order valence-corrected chi connectivity index (χ4v) is 1.38. The molecule has 0 aliphatic rings. The van der Waals surface area contributed by atoms with Gasteiger partial charge >= 0.3 is 5.97 Å². The van der Waals surface area contributed by atoms with E-state index in [0.717, 1.165) is 25.7 Å². The highest BCUT2D eigenvalue weighted by Gasteiger charge is 2.20. The average molecular weight is 260 g/mol. The van der Waals surface area contributed by atoms with Gasteiger partial charge in [0.05, 0.1) is 6.61 Å². The van der Waals surface area contributed by atoms with Crippen molar-refractivity contribution in [3.05, 3.63) is 0 Å². The van der Waals surface area contributed by atoms with Gasteiger partial charge in [0.25, 0.3) is 0 Å². The Labute approximate surface area is 111 Å². The van der Waals surface area contributed by atoms with Crippen LogP contribution in [-0.2, 0) is 19.0 Å². The van der Waals surface area contributed by atoms with E-state index in [-0.39, 0.29) is 5.97 Å². The first-order valence-corrected chi connectivity index (χ1v) is 7.12. The summed E-state index contributed by atoms with van der Waals surface area (Å²) < 4.78 is 16.0. The Bertz CT molecular complexity index is 184. The molecule has 4 nitrogen and oxygen atoms in total. The topological polar surface area (TPSA) is 44.8 Å². The second-order valence-corrected chi connectivity index (χ2v) is 4.22. The highest BCUT2D eigenvalue weighted by atomic mass is 16.6. The van der Waals surface area contributed by atoms with Crippen LogP contribution in [0.25, 0.3) is 0 Å². The van der Waals surface area contributed by atoms with Crippen molar-refractivity contribution in [3.8, 4) is 0 Å². The zero-order chi connectivity index (χ0) is 13.6. The molecule has 0 N–H and O–H groups in total. The highest BCUT2D eigenvalue weighted by molar-refractivity contribution is 5.74. The Morgan fingerprint density at radius 3 is 2.28 bits per heavy atom. The molecule has 0 fully saturated rings. The molecular formula is C14H28O4. The Morgan fingerprint density at radius 1 is 1.00 bits per heavy atom. The van der Waals surface area contributed by atoms with Crippen molar-refractivity contribution >= 4 is 5.97 Å². The largest absolute Gasteiger partial charge is 0.464 e. The SMILES string of the molecule is CCCCOC(=O)C(CCOCC)OCCCC. The van der Waals surface area contributed by atoms with E-state index in [1.165, 1.54) is 0 Å². The van der Waals surface area contributed by atoms with Gasteiger partial charge in [-0.05, 0) is 19.8 Å². The van der Waals surface area contributed by atoms with Crippen molar-refractivity contribution in [3.63, 3.8) is 0 Å². The third-order valence-electron chi connectivity index (χ3n) is 2.55. The molecule has 0 saturated heterocycles. The van der Waals surface area contributed by atoms with E-state index in [4.69, 9.17) is 14.2 Å². The maximum atomic E-state index is 11.8. The number of esters is 1. The third kappa shape index (κ3) is 9.42. The van der Waals surface area contributed by atoms with Crippen LogP contribution >= 0.6 is 0 Å². The van der Waals surface area contributed by atoms with E-state index in [1.807, 2.05) is 6.92 Å². The first-order chi connectivity index (χ1) is 8.76. The first kappa shape index (κ1) is 17.4. The smallest absolute Gasteiger partial charge is 0.335 e. The first-order valence-electron chi connectivity index (χ1n) is 7.12. The summed E-state index contributed by atoms with van der Waals surface area (Å²) in [4.78, 5) is 11.8. The molecule has 0 aromatic heterocycles. The minimum absolute atomic E-state index is 0.251. The van der Waals surface area contributed by atoms with Gasteiger partial charge in [0, 0.05) is 26.2 Å². The number of ether oxygens (including phenoxy) is 3. The second-order valence-electron chi connectivity index (χ2n) is 4.22. The summed E-state index contributed by atoms with van der Waals surface area (Å²) in [6, 6.07) is 0. The lowest BCUT2D eigenvalue weighted by Crippen LogP contribution is -2.29. The lowest BCUT2D eigenvalue weighted by Gasteiger charge is -2.16. The molecule has 0 heterocycles. The van der Waals surface area contributed by atoms with Crippen molar-refractivity contribution < 1.29 is 19.0 Å². The molecule has 18 heavy (non-hydrogen) atoms. The molecule has 0 saturated carbocycles. The molecule has 0 bridgehead atoms. The normalized spacial score (nSPS) is 12.4. The fourth-order valence-electron chi connectivity index (χ4n) is 1.38. The Kier molecular flexibility index (Phi) is 12.4. The molecule has 0 aliphatic carbocycles. The fraction of sp³-hybridized carbons (Fsp3) is 0.929. The average Bonchev–Trinajstić information content (AvgIpc) is 2.37. The number of hydrogen-bond donors (Lipinski definition) is 0. The van der Waals surface area contributed by atoms with E-state index < -0.39 is 6.10 Å². The van der Waals surface area contributed by atoms with Crippen molar-refractivity contribution in [2.75, 3.05) is 26.4 Å². The van der Waals surface area contributed by atoms with Crippen LogP contribution in [0, 0.1) is 0 Å². The van der Waals surface area contributed by atoms with Gasteiger partial charge in [-0.1, -0.05) is 26.7 Å². The van der Waals surface area contributed by atoms with Crippen LogP contribution in [0.2, 0.25) is 0 Å². The molecule has 1 atom stereocenters. The minimum Gasteiger partial charge on any atom is -0.464 e. The van der Waals surface area contributed by atoms with Crippen LogP contribution in [-0.4, -0.2) is 38.5 Å². The number of carbonyl (C=O) groups excluding carboxylic acids is 1. The quantitative estimate of drug-likeness (QED) is 0.400. The summed E-state index contributed by atoms with van der Waals surface area (Å²) in [5.74, 6) is -0.251. The van der Waals surface area contributed by atoms with Gasteiger partial charge in [-0.2, -0.15) is 0 Å². The molecule has 0 aromatic rings. The summed E-state index contributed by atoms with van der Waals surface area (Å²) in [5.41, 5.74) is 0. The highest BCUT2D eigenvalue weighted by Crippen LogP contribution is 2.05. The summed E-state index contributed by atoms with van der Waals surface area (Å²) in [7, 11) is 0. The second kappa shape index (κ2) is 12.8. The lowest BCUT2D eigenvalue weighted by atomic mass is 10.2. The van der Waals surface area contributed by atoms with Crippen LogP contribution in [0.5, 0.6) is 0 Å². The molecule has 0 aromatic carbocycles. The van der Waals surface area contributed by atoms with Gasteiger partial charge in [0.15, 0.2) is 6.10 Å². The van der Waals surface area contributed by atoms with Crippen LogP contribution in [0.3, 0.4) is 0 Å². The molecule has 0 radical (unpaired) electrons. The van der Waals surface area contributed by atoms with Crippen molar-refractivity contribution in [1.82, 2.24) is 0 Å². The Hall–Kier alpha value is -0.610. The van der Waals surface area contributed by atoms with Gasteiger partial charge in [0.2, 0.25) is 0 Å². The molecule has 1 unspecified atom stereocenters.